The van der Waals surface area contributed by atoms with Gasteiger partial charge in [0.15, 0.2) is 0 Å². The van der Waals surface area contributed by atoms with Gasteiger partial charge in [-0.2, -0.15) is 0 Å². The van der Waals surface area contributed by atoms with E-state index in [2.05, 4.69) is 4.90 Å². The standard InChI is InChI=1S/C8H15N/c1-2-4-6-9-7-8(9)5-3-1/h8H,1-7H2. The molecule has 2 fully saturated rings. The molecule has 0 bridgehead atoms. The molecule has 2 aliphatic rings. The number of fused-ring (bicyclic) bond motifs is 1. The van der Waals surface area contributed by atoms with Crippen molar-refractivity contribution in [3.05, 3.63) is 0 Å². The molecule has 0 aromatic rings. The predicted molar refractivity (Wildman–Crippen MR) is 38.4 cm³/mol. The molecular formula is C8H15N. The molecule has 2 saturated heterocycles. The van der Waals surface area contributed by atoms with Crippen LogP contribution in [0.3, 0.4) is 0 Å². The summed E-state index contributed by atoms with van der Waals surface area (Å²) in [4.78, 5) is 2.61. The zero-order valence-electron chi connectivity index (χ0n) is 5.97. The maximum atomic E-state index is 2.61. The van der Waals surface area contributed by atoms with Crippen molar-refractivity contribution in [2.45, 2.75) is 38.1 Å². The summed E-state index contributed by atoms with van der Waals surface area (Å²) in [6.07, 6.45) is 7.39. The van der Waals surface area contributed by atoms with Crippen molar-refractivity contribution in [1.29, 1.82) is 0 Å². The molecule has 0 N–H and O–H groups in total. The monoisotopic (exact) mass is 125 g/mol. The molecule has 9 heavy (non-hydrogen) atoms. The summed E-state index contributed by atoms with van der Waals surface area (Å²) in [5.74, 6) is 0. The Hall–Kier alpha value is -0.0400. The smallest absolute Gasteiger partial charge is 0.0223 e. The highest BCUT2D eigenvalue weighted by molar-refractivity contribution is 4.89. The fourth-order valence-corrected chi connectivity index (χ4v) is 1.82. The molecule has 1 heteroatoms. The maximum Gasteiger partial charge on any atom is 0.0223 e. The second kappa shape index (κ2) is 2.30. The fraction of sp³-hybridized carbons (Fsp3) is 1.00. The average molecular weight is 125 g/mol. The van der Waals surface area contributed by atoms with E-state index in [0.717, 1.165) is 6.04 Å². The lowest BCUT2D eigenvalue weighted by molar-refractivity contribution is 0.424. The van der Waals surface area contributed by atoms with Gasteiger partial charge < -0.3 is 0 Å². The Morgan fingerprint density at radius 3 is 2.89 bits per heavy atom. The second-order valence-corrected chi connectivity index (χ2v) is 3.35. The molecule has 52 valence electrons. The van der Waals surface area contributed by atoms with E-state index < -0.39 is 0 Å². The van der Waals surface area contributed by atoms with E-state index in [4.69, 9.17) is 0 Å². The molecule has 0 amide bonds. The summed E-state index contributed by atoms with van der Waals surface area (Å²) in [6, 6.07) is 1.02. The van der Waals surface area contributed by atoms with Crippen LogP contribution in [-0.4, -0.2) is 24.0 Å². The maximum absolute atomic E-state index is 2.61. The predicted octanol–water partition coefficient (Wildman–Crippen LogP) is 1.63. The molecule has 0 spiro atoms. The number of nitrogens with zero attached hydrogens (tertiary/aromatic N) is 1. The van der Waals surface area contributed by atoms with Crippen molar-refractivity contribution in [3.63, 3.8) is 0 Å². The Kier molecular flexibility index (Phi) is 1.46. The summed E-state index contributed by atoms with van der Waals surface area (Å²) in [6.45, 7) is 2.81. The molecule has 0 radical (unpaired) electrons. The fourth-order valence-electron chi connectivity index (χ4n) is 1.82. The summed E-state index contributed by atoms with van der Waals surface area (Å²) in [5.41, 5.74) is 0. The summed E-state index contributed by atoms with van der Waals surface area (Å²) in [5, 5.41) is 0. The molecule has 0 aromatic heterocycles. The van der Waals surface area contributed by atoms with Gasteiger partial charge in [-0.05, 0) is 19.4 Å². The molecule has 2 rings (SSSR count). The van der Waals surface area contributed by atoms with E-state index in [9.17, 15) is 0 Å². The van der Waals surface area contributed by atoms with Crippen LogP contribution in [0.15, 0.2) is 0 Å². The van der Waals surface area contributed by atoms with Gasteiger partial charge in [-0.1, -0.05) is 19.3 Å². The third kappa shape index (κ3) is 1.26. The minimum atomic E-state index is 1.02. The van der Waals surface area contributed by atoms with Crippen LogP contribution in [0, 0.1) is 0 Å². The third-order valence-corrected chi connectivity index (χ3v) is 2.56. The van der Waals surface area contributed by atoms with Gasteiger partial charge in [0.1, 0.15) is 0 Å². The minimum absolute atomic E-state index is 1.02. The van der Waals surface area contributed by atoms with E-state index >= 15 is 0 Å². The van der Waals surface area contributed by atoms with Crippen molar-refractivity contribution in [1.82, 2.24) is 4.90 Å². The van der Waals surface area contributed by atoms with E-state index in [0.29, 0.717) is 0 Å². The normalized spacial score (nSPS) is 42.7. The van der Waals surface area contributed by atoms with E-state index in [1.54, 1.807) is 0 Å². The molecule has 0 saturated carbocycles. The van der Waals surface area contributed by atoms with Crippen LogP contribution in [0.4, 0.5) is 0 Å². The van der Waals surface area contributed by atoms with Crippen LogP contribution < -0.4 is 0 Å². The van der Waals surface area contributed by atoms with Crippen molar-refractivity contribution in [2.75, 3.05) is 13.1 Å². The lowest BCUT2D eigenvalue weighted by Gasteiger charge is -2.07. The van der Waals surface area contributed by atoms with Crippen LogP contribution in [0.5, 0.6) is 0 Å². The molecule has 0 aromatic carbocycles. The van der Waals surface area contributed by atoms with Gasteiger partial charge in [0.25, 0.3) is 0 Å². The first-order chi connectivity index (χ1) is 4.47. The molecule has 0 aliphatic carbocycles. The zero-order valence-corrected chi connectivity index (χ0v) is 5.97. The van der Waals surface area contributed by atoms with Gasteiger partial charge in [0, 0.05) is 12.6 Å². The van der Waals surface area contributed by atoms with E-state index in [1.807, 2.05) is 0 Å². The lowest BCUT2D eigenvalue weighted by Crippen LogP contribution is -2.06. The van der Waals surface area contributed by atoms with Crippen LogP contribution in [0.1, 0.15) is 32.1 Å². The quantitative estimate of drug-likeness (QED) is 0.445. The van der Waals surface area contributed by atoms with Gasteiger partial charge in [0.2, 0.25) is 0 Å². The van der Waals surface area contributed by atoms with Crippen LogP contribution >= 0.6 is 0 Å². The van der Waals surface area contributed by atoms with Crippen LogP contribution in [0.2, 0.25) is 0 Å². The largest absolute Gasteiger partial charge is 0.298 e. The highest BCUT2D eigenvalue weighted by Gasteiger charge is 2.32. The lowest BCUT2D eigenvalue weighted by atomic mass is 10.1. The van der Waals surface area contributed by atoms with E-state index in [-0.39, 0.29) is 0 Å². The third-order valence-electron chi connectivity index (χ3n) is 2.56. The first-order valence-electron chi connectivity index (χ1n) is 4.21. The molecule has 1 nitrogen and oxygen atoms in total. The van der Waals surface area contributed by atoms with Crippen LogP contribution in [0.25, 0.3) is 0 Å². The molecule has 2 atom stereocenters. The first kappa shape index (κ1) is 5.72. The van der Waals surface area contributed by atoms with Gasteiger partial charge >= 0.3 is 0 Å². The van der Waals surface area contributed by atoms with Gasteiger partial charge in [-0.15, -0.1) is 0 Å². The first-order valence-corrected chi connectivity index (χ1v) is 4.21. The van der Waals surface area contributed by atoms with Gasteiger partial charge in [-0.25, -0.2) is 0 Å². The summed E-state index contributed by atoms with van der Waals surface area (Å²) >= 11 is 0. The Balaban J connectivity index is 1.81. The Bertz CT molecular complexity index is 88.7. The molecule has 2 heterocycles. The van der Waals surface area contributed by atoms with E-state index in [1.165, 1.54) is 45.2 Å². The zero-order chi connectivity index (χ0) is 6.10. The Morgan fingerprint density at radius 1 is 1.00 bits per heavy atom. The number of hydrogen-bond acceptors (Lipinski definition) is 1. The van der Waals surface area contributed by atoms with Gasteiger partial charge in [-0.3, -0.25) is 4.90 Å². The SMILES string of the molecule is C1CCCN2CC2CC1. The highest BCUT2D eigenvalue weighted by atomic mass is 15.3. The second-order valence-electron chi connectivity index (χ2n) is 3.35. The van der Waals surface area contributed by atoms with Crippen molar-refractivity contribution < 1.29 is 0 Å². The number of hydrogen-bond donors (Lipinski definition) is 0. The molecular weight excluding hydrogens is 110 g/mol. The minimum Gasteiger partial charge on any atom is -0.298 e. The molecule has 2 aliphatic heterocycles. The Morgan fingerprint density at radius 2 is 1.89 bits per heavy atom. The van der Waals surface area contributed by atoms with Gasteiger partial charge in [0.05, 0.1) is 0 Å². The summed E-state index contributed by atoms with van der Waals surface area (Å²) in [7, 11) is 0. The highest BCUT2D eigenvalue weighted by Crippen LogP contribution is 2.26. The van der Waals surface area contributed by atoms with Crippen molar-refractivity contribution in [3.8, 4) is 0 Å². The summed E-state index contributed by atoms with van der Waals surface area (Å²) < 4.78 is 0. The Labute approximate surface area is 57.0 Å². The van der Waals surface area contributed by atoms with Crippen LogP contribution in [-0.2, 0) is 0 Å². The topological polar surface area (TPSA) is 3.01 Å². The van der Waals surface area contributed by atoms with Crippen molar-refractivity contribution in [2.24, 2.45) is 0 Å². The molecule has 2 unspecified atom stereocenters. The average Bonchev–Trinajstić information content (AvgIpc) is 2.46. The van der Waals surface area contributed by atoms with Crippen molar-refractivity contribution >= 4 is 0 Å². The number of rotatable bonds is 0.